The second kappa shape index (κ2) is 12.5. The van der Waals surface area contributed by atoms with Crippen LogP contribution in [-0.2, 0) is 14.3 Å². The molecule has 0 saturated heterocycles. The van der Waals surface area contributed by atoms with Crippen molar-refractivity contribution < 1.29 is 33.3 Å². The molecular weight excluding hydrogens is 476 g/mol. The van der Waals surface area contributed by atoms with Crippen LogP contribution in [0.2, 0.25) is 0 Å². The Balaban J connectivity index is 2.56. The molecule has 0 spiro atoms. The minimum atomic E-state index is -0.943. The van der Waals surface area contributed by atoms with Crippen LogP contribution in [0, 0.1) is 5.92 Å². The summed E-state index contributed by atoms with van der Waals surface area (Å²) < 4.78 is 21.5. The number of carbonyl (C=O) groups excluding carboxylic acids is 3. The Kier molecular flexibility index (Phi) is 9.94. The first kappa shape index (κ1) is 29.5. The Morgan fingerprint density at radius 3 is 1.24 bits per heavy atom. The van der Waals surface area contributed by atoms with Crippen molar-refractivity contribution in [2.45, 2.75) is 64.8 Å². The van der Waals surface area contributed by atoms with Crippen LogP contribution in [0.5, 0.6) is 11.5 Å². The van der Waals surface area contributed by atoms with Crippen molar-refractivity contribution >= 4 is 18.5 Å². The van der Waals surface area contributed by atoms with Gasteiger partial charge in [0.05, 0.1) is 32.2 Å². The van der Waals surface area contributed by atoms with Crippen LogP contribution in [0.1, 0.15) is 64.8 Å². The van der Waals surface area contributed by atoms with E-state index in [1.165, 1.54) is 0 Å². The van der Waals surface area contributed by atoms with Gasteiger partial charge in [-0.15, -0.1) is 0 Å². The summed E-state index contributed by atoms with van der Waals surface area (Å²) in [6, 6.07) is 12.2. The summed E-state index contributed by atoms with van der Waals surface area (Å²) in [5.74, 6) is 0.281. The van der Waals surface area contributed by atoms with E-state index in [4.69, 9.17) is 18.9 Å². The first-order valence-corrected chi connectivity index (χ1v) is 12.0. The number of rotatable bonds is 9. The number of hydrogen-bond acceptors (Lipinski definition) is 7. The fraction of sp³-hybridized carbons (Fsp3) is 0.464. The Morgan fingerprint density at radius 1 is 0.676 bits per heavy atom. The molecule has 9 nitrogen and oxygen atoms in total. The highest BCUT2D eigenvalue weighted by Gasteiger charge is 2.36. The number of methoxy groups -OCH3 is 2. The molecular formula is C28H38N2O7. The molecule has 0 aliphatic heterocycles. The maximum absolute atomic E-state index is 12.8. The molecule has 0 radical (unpaired) electrons. The predicted octanol–water partition coefficient (Wildman–Crippen LogP) is 5.35. The van der Waals surface area contributed by atoms with Crippen LogP contribution in [0.3, 0.4) is 0 Å². The van der Waals surface area contributed by atoms with Crippen LogP contribution in [0.25, 0.3) is 0 Å². The molecule has 0 aliphatic rings. The van der Waals surface area contributed by atoms with Gasteiger partial charge in [0.1, 0.15) is 29.0 Å². The van der Waals surface area contributed by atoms with Gasteiger partial charge in [-0.25, -0.2) is 9.59 Å². The number of aldehydes is 1. The Morgan fingerprint density at radius 2 is 1.00 bits per heavy atom. The number of benzene rings is 2. The summed E-state index contributed by atoms with van der Waals surface area (Å²) in [4.78, 5) is 38.4. The van der Waals surface area contributed by atoms with Gasteiger partial charge in [-0.2, -0.15) is 0 Å². The van der Waals surface area contributed by atoms with Gasteiger partial charge in [-0.1, -0.05) is 24.3 Å². The molecule has 0 bridgehead atoms. The van der Waals surface area contributed by atoms with Gasteiger partial charge in [0, 0.05) is 0 Å². The van der Waals surface area contributed by atoms with E-state index in [1.807, 2.05) is 0 Å². The van der Waals surface area contributed by atoms with E-state index in [0.717, 1.165) is 0 Å². The molecule has 2 aromatic rings. The van der Waals surface area contributed by atoms with Crippen molar-refractivity contribution in [2.24, 2.45) is 5.92 Å². The van der Waals surface area contributed by atoms with Crippen LogP contribution in [0.4, 0.5) is 9.59 Å². The number of amides is 2. The standard InChI is InChI=1S/C28H38N2O7/c1-27(2,3)36-25(32)29-23(18-9-13-20(34-7)14-10-18)22(17-31)24(30-26(33)37-28(4,5)6)19-11-15-21(35-8)16-12-19/h9-17,22-24H,1-8H3,(H,29,32)(H,30,33)/t23-,24-/m0/s1. The second-order valence-corrected chi connectivity index (χ2v) is 10.5. The number of alkyl carbamates (subject to hydrolysis) is 2. The Hall–Kier alpha value is -3.75. The van der Waals surface area contributed by atoms with E-state index in [-0.39, 0.29) is 0 Å². The van der Waals surface area contributed by atoms with Crippen molar-refractivity contribution in [3.63, 3.8) is 0 Å². The quantitative estimate of drug-likeness (QED) is 0.434. The molecule has 0 fully saturated rings. The smallest absolute Gasteiger partial charge is 0.408 e. The van der Waals surface area contributed by atoms with Crippen molar-refractivity contribution in [2.75, 3.05) is 14.2 Å². The zero-order chi connectivity index (χ0) is 27.8. The number of carbonyl (C=O) groups is 3. The lowest BCUT2D eigenvalue weighted by molar-refractivity contribution is -0.112. The monoisotopic (exact) mass is 514 g/mol. The normalized spacial score (nSPS) is 13.2. The lowest BCUT2D eigenvalue weighted by atomic mass is 9.84. The Bertz CT molecular complexity index is 957. The van der Waals surface area contributed by atoms with Crippen LogP contribution in [-0.4, -0.2) is 43.9 Å². The molecule has 0 aromatic heterocycles. The number of nitrogens with one attached hydrogen (secondary N) is 2. The number of ether oxygens (including phenoxy) is 4. The average molecular weight is 515 g/mol. The van der Waals surface area contributed by atoms with Gasteiger partial charge in [0.2, 0.25) is 0 Å². The molecule has 0 aliphatic carbocycles. The zero-order valence-electron chi connectivity index (χ0n) is 22.8. The lowest BCUT2D eigenvalue weighted by Gasteiger charge is -2.33. The topological polar surface area (TPSA) is 112 Å². The predicted molar refractivity (Wildman–Crippen MR) is 140 cm³/mol. The molecule has 0 heterocycles. The third kappa shape index (κ3) is 9.33. The van der Waals surface area contributed by atoms with Crippen molar-refractivity contribution in [1.82, 2.24) is 10.6 Å². The molecule has 2 rings (SSSR count). The van der Waals surface area contributed by atoms with E-state index < -0.39 is 41.4 Å². The second-order valence-electron chi connectivity index (χ2n) is 10.5. The van der Waals surface area contributed by atoms with E-state index in [9.17, 15) is 14.4 Å². The summed E-state index contributed by atoms with van der Waals surface area (Å²) in [6.07, 6.45) is -0.699. The maximum Gasteiger partial charge on any atom is 0.408 e. The molecule has 9 heteroatoms. The molecule has 0 unspecified atom stereocenters. The average Bonchev–Trinajstić information content (AvgIpc) is 2.81. The molecule has 2 N–H and O–H groups in total. The summed E-state index contributed by atoms with van der Waals surface area (Å²) in [5, 5.41) is 5.65. The summed E-state index contributed by atoms with van der Waals surface area (Å²) >= 11 is 0. The van der Waals surface area contributed by atoms with E-state index >= 15 is 0 Å². The minimum Gasteiger partial charge on any atom is -0.497 e. The number of hydrogen-bond donors (Lipinski definition) is 2. The third-order valence-electron chi connectivity index (χ3n) is 5.22. The van der Waals surface area contributed by atoms with Crippen LogP contribution < -0.4 is 20.1 Å². The fourth-order valence-electron chi connectivity index (χ4n) is 3.64. The van der Waals surface area contributed by atoms with Crippen LogP contribution in [0.15, 0.2) is 48.5 Å². The molecule has 202 valence electrons. The van der Waals surface area contributed by atoms with Gasteiger partial charge in [-0.3, -0.25) is 0 Å². The maximum atomic E-state index is 12.8. The molecule has 2 amide bonds. The van der Waals surface area contributed by atoms with E-state index in [2.05, 4.69) is 10.6 Å². The van der Waals surface area contributed by atoms with Crippen molar-refractivity contribution in [1.29, 1.82) is 0 Å². The molecule has 2 atom stereocenters. The summed E-state index contributed by atoms with van der Waals surface area (Å²) in [5.41, 5.74) is -0.272. The van der Waals surface area contributed by atoms with Gasteiger partial charge in [0.25, 0.3) is 0 Å². The largest absolute Gasteiger partial charge is 0.497 e. The molecule has 0 saturated carbocycles. The van der Waals surface area contributed by atoms with Gasteiger partial charge >= 0.3 is 12.2 Å². The fourth-order valence-corrected chi connectivity index (χ4v) is 3.64. The SMILES string of the molecule is COc1ccc([C@H](NC(=O)OC(C)(C)C)C(C=O)[C@@H](NC(=O)OC(C)(C)C)c2ccc(OC)cc2)cc1. The van der Waals surface area contributed by atoms with Crippen molar-refractivity contribution in [3.8, 4) is 11.5 Å². The first-order chi connectivity index (χ1) is 17.3. The summed E-state index contributed by atoms with van der Waals surface area (Å²) in [7, 11) is 3.09. The lowest BCUT2D eigenvalue weighted by Crippen LogP contribution is -2.44. The highest BCUT2D eigenvalue weighted by Crippen LogP contribution is 2.34. The van der Waals surface area contributed by atoms with Gasteiger partial charge < -0.3 is 34.4 Å². The third-order valence-corrected chi connectivity index (χ3v) is 5.22. The van der Waals surface area contributed by atoms with Crippen molar-refractivity contribution in [3.05, 3.63) is 59.7 Å². The minimum absolute atomic E-state index is 0.612. The van der Waals surface area contributed by atoms with Gasteiger partial charge in [0.15, 0.2) is 0 Å². The van der Waals surface area contributed by atoms with Gasteiger partial charge in [-0.05, 0) is 76.9 Å². The highest BCUT2D eigenvalue weighted by molar-refractivity contribution is 5.72. The van der Waals surface area contributed by atoms with E-state index in [1.54, 1.807) is 104 Å². The van der Waals surface area contributed by atoms with Crippen LogP contribution >= 0.6 is 0 Å². The highest BCUT2D eigenvalue weighted by atomic mass is 16.6. The first-order valence-electron chi connectivity index (χ1n) is 12.0. The van der Waals surface area contributed by atoms with E-state index in [0.29, 0.717) is 28.9 Å². The molecule has 2 aromatic carbocycles. The Labute approximate surface area is 218 Å². The molecule has 37 heavy (non-hydrogen) atoms. The summed E-state index contributed by atoms with van der Waals surface area (Å²) in [6.45, 7) is 10.5. The zero-order valence-corrected chi connectivity index (χ0v) is 22.8.